The maximum atomic E-state index is 12.1. The molecule has 4 nitrogen and oxygen atoms in total. The summed E-state index contributed by atoms with van der Waals surface area (Å²) in [6.45, 7) is 5.63. The van der Waals surface area contributed by atoms with Gasteiger partial charge in [0.1, 0.15) is 0 Å². The zero-order chi connectivity index (χ0) is 14.4. The molecule has 1 atom stereocenters. The summed E-state index contributed by atoms with van der Waals surface area (Å²) in [5.41, 5.74) is 1.88. The monoisotopic (exact) mass is 263 g/mol. The third-order valence-corrected chi connectivity index (χ3v) is 3.14. The van der Waals surface area contributed by atoms with Crippen molar-refractivity contribution in [2.24, 2.45) is 5.92 Å². The predicted molar refractivity (Wildman–Crippen MR) is 75.3 cm³/mol. The minimum absolute atomic E-state index is 0.0472. The highest BCUT2D eigenvalue weighted by Gasteiger charge is 2.22. The van der Waals surface area contributed by atoms with Gasteiger partial charge in [0.2, 0.25) is 5.91 Å². The molecule has 0 saturated carbocycles. The van der Waals surface area contributed by atoms with Gasteiger partial charge in [-0.3, -0.25) is 9.59 Å². The Bertz CT molecular complexity index is 456. The van der Waals surface area contributed by atoms with Crippen molar-refractivity contribution in [2.75, 3.05) is 11.4 Å². The van der Waals surface area contributed by atoms with Gasteiger partial charge in [-0.25, -0.2) is 0 Å². The quantitative estimate of drug-likeness (QED) is 0.858. The number of benzene rings is 1. The number of rotatable bonds is 6. The van der Waals surface area contributed by atoms with E-state index in [-0.39, 0.29) is 12.5 Å². The molecule has 1 aromatic rings. The molecular formula is C15H21NO3. The van der Waals surface area contributed by atoms with Gasteiger partial charge in [0.25, 0.3) is 0 Å². The number of carboxylic acids is 1. The average molecular weight is 263 g/mol. The zero-order valence-corrected chi connectivity index (χ0v) is 11.7. The summed E-state index contributed by atoms with van der Waals surface area (Å²) in [6.07, 6.45) is 1.18. The van der Waals surface area contributed by atoms with Crippen molar-refractivity contribution >= 4 is 17.6 Å². The first-order valence-corrected chi connectivity index (χ1v) is 6.62. The number of anilines is 1. The highest BCUT2D eigenvalue weighted by Crippen LogP contribution is 2.23. The molecule has 0 radical (unpaired) electrons. The van der Waals surface area contributed by atoms with Crippen LogP contribution in [0.3, 0.4) is 0 Å². The standard InChI is InChI=1S/C15H21NO3/c1-4-12-8-6-7-9-13(12)16(14(17)5-2)10-11(3)15(18)19/h6-9,11H,4-5,10H2,1-3H3,(H,18,19). The fraction of sp³-hybridized carbons (Fsp3) is 0.467. The van der Waals surface area contributed by atoms with Crippen molar-refractivity contribution in [3.05, 3.63) is 29.8 Å². The third kappa shape index (κ3) is 3.81. The van der Waals surface area contributed by atoms with Gasteiger partial charge in [0, 0.05) is 18.7 Å². The van der Waals surface area contributed by atoms with Crippen LogP contribution in [0.1, 0.15) is 32.8 Å². The summed E-state index contributed by atoms with van der Waals surface area (Å²) < 4.78 is 0. The number of hydrogen-bond donors (Lipinski definition) is 1. The SMILES string of the molecule is CCC(=O)N(CC(C)C(=O)O)c1ccccc1CC. The second-order valence-electron chi connectivity index (χ2n) is 4.58. The molecule has 1 N–H and O–H groups in total. The fourth-order valence-electron chi connectivity index (χ4n) is 1.95. The van der Waals surface area contributed by atoms with Crippen LogP contribution in [-0.4, -0.2) is 23.5 Å². The number of carboxylic acid groups (broad SMARTS) is 1. The van der Waals surface area contributed by atoms with Crippen LogP contribution in [0.25, 0.3) is 0 Å². The third-order valence-electron chi connectivity index (χ3n) is 3.14. The summed E-state index contributed by atoms with van der Waals surface area (Å²) in [5, 5.41) is 9.02. The van der Waals surface area contributed by atoms with E-state index in [9.17, 15) is 9.59 Å². The Morgan fingerprint density at radius 2 is 1.89 bits per heavy atom. The molecule has 0 aliphatic heterocycles. The Labute approximate surface area is 114 Å². The van der Waals surface area contributed by atoms with E-state index in [1.807, 2.05) is 31.2 Å². The van der Waals surface area contributed by atoms with Crippen LogP contribution in [0.2, 0.25) is 0 Å². The van der Waals surface area contributed by atoms with E-state index in [0.717, 1.165) is 17.7 Å². The van der Waals surface area contributed by atoms with Crippen LogP contribution in [0, 0.1) is 5.92 Å². The number of carbonyl (C=O) groups is 2. The summed E-state index contributed by atoms with van der Waals surface area (Å²) in [5.74, 6) is -1.52. The van der Waals surface area contributed by atoms with Crippen LogP contribution < -0.4 is 4.90 Å². The highest BCUT2D eigenvalue weighted by atomic mass is 16.4. The second kappa shape index (κ2) is 6.92. The second-order valence-corrected chi connectivity index (χ2v) is 4.58. The predicted octanol–water partition coefficient (Wildman–Crippen LogP) is 2.71. The van der Waals surface area contributed by atoms with E-state index in [4.69, 9.17) is 5.11 Å². The number of hydrogen-bond acceptors (Lipinski definition) is 2. The molecule has 0 aromatic heterocycles. The molecule has 1 unspecified atom stereocenters. The Morgan fingerprint density at radius 3 is 2.42 bits per heavy atom. The van der Waals surface area contributed by atoms with Crippen molar-refractivity contribution in [1.29, 1.82) is 0 Å². The summed E-state index contributed by atoms with van der Waals surface area (Å²) in [4.78, 5) is 24.7. The Kier molecular flexibility index (Phi) is 5.55. The Hall–Kier alpha value is -1.84. The molecule has 0 fully saturated rings. The van der Waals surface area contributed by atoms with E-state index < -0.39 is 11.9 Å². The van der Waals surface area contributed by atoms with Crippen molar-refractivity contribution in [1.82, 2.24) is 0 Å². The lowest BCUT2D eigenvalue weighted by Gasteiger charge is -2.26. The fourth-order valence-corrected chi connectivity index (χ4v) is 1.95. The van der Waals surface area contributed by atoms with Crippen molar-refractivity contribution in [2.45, 2.75) is 33.6 Å². The summed E-state index contributed by atoms with van der Waals surface area (Å²) >= 11 is 0. The maximum absolute atomic E-state index is 12.1. The van der Waals surface area contributed by atoms with Gasteiger partial charge in [-0.05, 0) is 18.1 Å². The zero-order valence-electron chi connectivity index (χ0n) is 11.7. The topological polar surface area (TPSA) is 57.6 Å². The van der Waals surface area contributed by atoms with E-state index in [0.29, 0.717) is 6.42 Å². The minimum Gasteiger partial charge on any atom is -0.481 e. The number of para-hydroxylation sites is 1. The van der Waals surface area contributed by atoms with Gasteiger partial charge in [-0.1, -0.05) is 39.0 Å². The van der Waals surface area contributed by atoms with Gasteiger partial charge >= 0.3 is 5.97 Å². The molecule has 0 spiro atoms. The number of nitrogens with zero attached hydrogens (tertiary/aromatic N) is 1. The Morgan fingerprint density at radius 1 is 1.26 bits per heavy atom. The van der Waals surface area contributed by atoms with Crippen molar-refractivity contribution < 1.29 is 14.7 Å². The van der Waals surface area contributed by atoms with Gasteiger partial charge in [0.15, 0.2) is 0 Å². The molecule has 0 heterocycles. The highest BCUT2D eigenvalue weighted by molar-refractivity contribution is 5.94. The molecule has 1 amide bonds. The summed E-state index contributed by atoms with van der Waals surface area (Å²) in [7, 11) is 0. The number of aryl methyl sites for hydroxylation is 1. The van der Waals surface area contributed by atoms with Crippen molar-refractivity contribution in [3.8, 4) is 0 Å². The number of aliphatic carboxylic acids is 1. The van der Waals surface area contributed by atoms with Crippen LogP contribution >= 0.6 is 0 Å². The van der Waals surface area contributed by atoms with Crippen molar-refractivity contribution in [3.63, 3.8) is 0 Å². The Balaban J connectivity index is 3.09. The molecule has 1 rings (SSSR count). The largest absolute Gasteiger partial charge is 0.481 e. The molecular weight excluding hydrogens is 242 g/mol. The smallest absolute Gasteiger partial charge is 0.308 e. The molecule has 104 valence electrons. The van der Waals surface area contributed by atoms with E-state index in [1.54, 1.807) is 18.7 Å². The van der Waals surface area contributed by atoms with Crippen LogP contribution in [0.15, 0.2) is 24.3 Å². The molecule has 19 heavy (non-hydrogen) atoms. The normalized spacial score (nSPS) is 11.9. The van der Waals surface area contributed by atoms with Gasteiger partial charge < -0.3 is 10.0 Å². The lowest BCUT2D eigenvalue weighted by atomic mass is 10.1. The van der Waals surface area contributed by atoms with E-state index >= 15 is 0 Å². The molecule has 0 saturated heterocycles. The molecule has 0 bridgehead atoms. The average Bonchev–Trinajstić information content (AvgIpc) is 2.43. The van der Waals surface area contributed by atoms with Crippen LogP contribution in [-0.2, 0) is 16.0 Å². The molecule has 0 aliphatic rings. The van der Waals surface area contributed by atoms with Crippen LogP contribution in [0.5, 0.6) is 0 Å². The lowest BCUT2D eigenvalue weighted by Crippen LogP contribution is -2.37. The van der Waals surface area contributed by atoms with Gasteiger partial charge in [-0.2, -0.15) is 0 Å². The first kappa shape index (κ1) is 15.2. The van der Waals surface area contributed by atoms with Gasteiger partial charge in [-0.15, -0.1) is 0 Å². The maximum Gasteiger partial charge on any atom is 0.308 e. The summed E-state index contributed by atoms with van der Waals surface area (Å²) in [6, 6.07) is 7.64. The lowest BCUT2D eigenvalue weighted by molar-refractivity contribution is -0.140. The van der Waals surface area contributed by atoms with Gasteiger partial charge in [0.05, 0.1) is 5.92 Å². The number of amides is 1. The van der Waals surface area contributed by atoms with Crippen LogP contribution in [0.4, 0.5) is 5.69 Å². The molecule has 4 heteroatoms. The molecule has 0 aliphatic carbocycles. The number of carbonyl (C=O) groups excluding carboxylic acids is 1. The van der Waals surface area contributed by atoms with E-state index in [1.165, 1.54) is 0 Å². The van der Waals surface area contributed by atoms with E-state index in [2.05, 4.69) is 0 Å². The first-order valence-electron chi connectivity index (χ1n) is 6.62. The minimum atomic E-state index is -0.886. The molecule has 1 aromatic carbocycles. The first-order chi connectivity index (χ1) is 9.01.